The standard InChI is InChI=1S/C30H45NO/c1-20(19-24(28(31)32)21-9-5-4-6-10-21)25-14-15-26-23-13-12-22-11-7-8-17-29(22,2)27(23)16-18-30(25,26)3/h4-6,9-10,20,22-27H,7-8,11-19H2,1-3H3,(H2,31,32)/t20-,22?,23+,24?,25-,26+,27+,29+,30-/m1/s1. The molecule has 0 aromatic heterocycles. The first-order chi connectivity index (χ1) is 15.3. The van der Waals surface area contributed by atoms with Crippen LogP contribution in [0.3, 0.4) is 0 Å². The number of carbonyl (C=O) groups is 1. The molecule has 0 saturated heterocycles. The van der Waals surface area contributed by atoms with Gasteiger partial charge in [-0.05, 0) is 110 Å². The first-order valence-electron chi connectivity index (χ1n) is 13.7. The van der Waals surface area contributed by atoms with Crippen LogP contribution in [-0.4, -0.2) is 5.91 Å². The molecule has 2 heteroatoms. The third-order valence-corrected chi connectivity index (χ3v) is 11.5. The lowest BCUT2D eigenvalue weighted by atomic mass is 9.44. The van der Waals surface area contributed by atoms with Gasteiger partial charge in [0.2, 0.25) is 5.91 Å². The molecular formula is C30H45NO. The average molecular weight is 436 g/mol. The fraction of sp³-hybridized carbons (Fsp3) is 0.767. The Morgan fingerprint density at radius 2 is 1.69 bits per heavy atom. The van der Waals surface area contributed by atoms with Crippen molar-refractivity contribution in [2.24, 2.45) is 52.1 Å². The molecule has 2 unspecified atom stereocenters. The second kappa shape index (κ2) is 8.48. The van der Waals surface area contributed by atoms with Crippen molar-refractivity contribution in [2.45, 2.75) is 97.3 Å². The number of amides is 1. The van der Waals surface area contributed by atoms with Gasteiger partial charge in [0.15, 0.2) is 0 Å². The van der Waals surface area contributed by atoms with Crippen LogP contribution in [0.25, 0.3) is 0 Å². The fourth-order valence-corrected chi connectivity index (χ4v) is 9.91. The Hall–Kier alpha value is -1.31. The zero-order chi connectivity index (χ0) is 22.5. The molecule has 4 saturated carbocycles. The largest absolute Gasteiger partial charge is 0.369 e. The lowest BCUT2D eigenvalue weighted by molar-refractivity contribution is -0.121. The Morgan fingerprint density at radius 3 is 2.44 bits per heavy atom. The van der Waals surface area contributed by atoms with Gasteiger partial charge in [-0.3, -0.25) is 4.79 Å². The van der Waals surface area contributed by atoms with Crippen LogP contribution in [0, 0.1) is 46.3 Å². The van der Waals surface area contributed by atoms with E-state index in [1.165, 1.54) is 64.2 Å². The van der Waals surface area contributed by atoms with Gasteiger partial charge in [0.25, 0.3) is 0 Å². The van der Waals surface area contributed by atoms with E-state index in [0.717, 1.165) is 41.6 Å². The highest BCUT2D eigenvalue weighted by Crippen LogP contribution is 2.68. The van der Waals surface area contributed by atoms with Gasteiger partial charge >= 0.3 is 0 Å². The SMILES string of the molecule is C[C@H](CC(C(N)=O)c1ccccc1)[C@H]1CC[C@H]2[C@@H]3CCC4CCCC[C@]4(C)[C@H]3CC[C@]12C. The summed E-state index contributed by atoms with van der Waals surface area (Å²) in [6.07, 6.45) is 15.4. The maximum Gasteiger partial charge on any atom is 0.224 e. The van der Waals surface area contributed by atoms with Crippen molar-refractivity contribution in [2.75, 3.05) is 0 Å². The third kappa shape index (κ3) is 3.55. The summed E-state index contributed by atoms with van der Waals surface area (Å²) in [5, 5.41) is 0. The molecule has 4 aliphatic carbocycles. The van der Waals surface area contributed by atoms with Crippen LogP contribution in [0.2, 0.25) is 0 Å². The lowest BCUT2D eigenvalue weighted by Gasteiger charge is -2.61. The molecule has 5 rings (SSSR count). The molecule has 1 amide bonds. The molecule has 4 fully saturated rings. The van der Waals surface area contributed by atoms with E-state index in [9.17, 15) is 4.79 Å². The highest BCUT2D eigenvalue weighted by molar-refractivity contribution is 5.81. The maximum atomic E-state index is 12.4. The predicted octanol–water partition coefficient (Wildman–Crippen LogP) is 7.33. The first-order valence-corrected chi connectivity index (χ1v) is 13.7. The molecule has 0 bridgehead atoms. The van der Waals surface area contributed by atoms with Crippen molar-refractivity contribution in [3.05, 3.63) is 35.9 Å². The van der Waals surface area contributed by atoms with Gasteiger partial charge in [-0.25, -0.2) is 0 Å². The number of benzene rings is 1. The van der Waals surface area contributed by atoms with Crippen LogP contribution in [0.5, 0.6) is 0 Å². The van der Waals surface area contributed by atoms with Gasteiger partial charge in [0.05, 0.1) is 5.92 Å². The fourth-order valence-electron chi connectivity index (χ4n) is 9.91. The first kappa shape index (κ1) is 22.5. The van der Waals surface area contributed by atoms with Crippen LogP contribution < -0.4 is 5.73 Å². The Kier molecular flexibility index (Phi) is 5.96. The van der Waals surface area contributed by atoms with Crippen LogP contribution in [-0.2, 0) is 4.79 Å². The maximum absolute atomic E-state index is 12.4. The van der Waals surface area contributed by atoms with E-state index in [2.05, 4.69) is 32.9 Å². The summed E-state index contributed by atoms with van der Waals surface area (Å²) in [5.74, 6) is 4.79. The summed E-state index contributed by atoms with van der Waals surface area (Å²) in [6.45, 7) is 7.74. The molecule has 2 nitrogen and oxygen atoms in total. The number of hydrogen-bond donors (Lipinski definition) is 1. The van der Waals surface area contributed by atoms with Gasteiger partial charge in [-0.2, -0.15) is 0 Å². The molecular weight excluding hydrogens is 390 g/mol. The molecule has 0 aliphatic heterocycles. The Bertz CT molecular complexity index is 819. The quantitative estimate of drug-likeness (QED) is 0.517. The minimum atomic E-state index is -0.157. The van der Waals surface area contributed by atoms with E-state index in [1.807, 2.05) is 18.2 Å². The molecule has 1 aromatic carbocycles. The van der Waals surface area contributed by atoms with E-state index >= 15 is 0 Å². The zero-order valence-corrected chi connectivity index (χ0v) is 20.7. The van der Waals surface area contributed by atoms with Gasteiger partial charge < -0.3 is 5.73 Å². The summed E-state index contributed by atoms with van der Waals surface area (Å²) in [5.41, 5.74) is 8.08. The van der Waals surface area contributed by atoms with Gasteiger partial charge in [-0.1, -0.05) is 63.9 Å². The smallest absolute Gasteiger partial charge is 0.224 e. The summed E-state index contributed by atoms with van der Waals surface area (Å²) < 4.78 is 0. The van der Waals surface area contributed by atoms with E-state index in [1.54, 1.807) is 0 Å². The highest BCUT2D eigenvalue weighted by Gasteiger charge is 2.60. The summed E-state index contributed by atoms with van der Waals surface area (Å²) >= 11 is 0. The van der Waals surface area contributed by atoms with Crippen LogP contribution in [0.4, 0.5) is 0 Å². The number of carbonyl (C=O) groups excluding carboxylic acids is 1. The summed E-state index contributed by atoms with van der Waals surface area (Å²) in [6, 6.07) is 10.2. The summed E-state index contributed by atoms with van der Waals surface area (Å²) in [4.78, 5) is 12.4. The molecule has 2 N–H and O–H groups in total. The minimum absolute atomic E-state index is 0.151. The monoisotopic (exact) mass is 435 g/mol. The predicted molar refractivity (Wildman–Crippen MR) is 132 cm³/mol. The zero-order valence-electron chi connectivity index (χ0n) is 20.7. The number of primary amides is 1. The lowest BCUT2D eigenvalue weighted by Crippen LogP contribution is -2.53. The number of hydrogen-bond acceptors (Lipinski definition) is 1. The molecule has 0 spiro atoms. The van der Waals surface area contributed by atoms with E-state index < -0.39 is 0 Å². The Morgan fingerprint density at radius 1 is 0.938 bits per heavy atom. The summed E-state index contributed by atoms with van der Waals surface area (Å²) in [7, 11) is 0. The molecule has 1 aromatic rings. The Labute approximate surface area is 196 Å². The van der Waals surface area contributed by atoms with Crippen molar-refractivity contribution in [3.8, 4) is 0 Å². The van der Waals surface area contributed by atoms with Crippen LogP contribution in [0.1, 0.15) is 103 Å². The third-order valence-electron chi connectivity index (χ3n) is 11.5. The second-order valence-electron chi connectivity index (χ2n) is 12.7. The number of fused-ring (bicyclic) bond motifs is 5. The molecule has 176 valence electrons. The van der Waals surface area contributed by atoms with Crippen molar-refractivity contribution >= 4 is 5.91 Å². The normalized spacial score (nSPS) is 42.9. The average Bonchev–Trinajstić information content (AvgIpc) is 3.14. The molecule has 9 atom stereocenters. The van der Waals surface area contributed by atoms with E-state index in [-0.39, 0.29) is 11.8 Å². The Balaban J connectivity index is 1.34. The topological polar surface area (TPSA) is 43.1 Å². The van der Waals surface area contributed by atoms with Gasteiger partial charge in [-0.15, -0.1) is 0 Å². The highest BCUT2D eigenvalue weighted by atomic mass is 16.1. The van der Waals surface area contributed by atoms with Crippen molar-refractivity contribution < 1.29 is 4.79 Å². The van der Waals surface area contributed by atoms with Gasteiger partial charge in [0.1, 0.15) is 0 Å². The minimum Gasteiger partial charge on any atom is -0.369 e. The van der Waals surface area contributed by atoms with Crippen molar-refractivity contribution in [1.29, 1.82) is 0 Å². The van der Waals surface area contributed by atoms with Crippen molar-refractivity contribution in [3.63, 3.8) is 0 Å². The molecule has 0 heterocycles. The molecule has 32 heavy (non-hydrogen) atoms. The van der Waals surface area contributed by atoms with Gasteiger partial charge in [0, 0.05) is 0 Å². The number of nitrogens with two attached hydrogens (primary N) is 1. The van der Waals surface area contributed by atoms with Crippen molar-refractivity contribution in [1.82, 2.24) is 0 Å². The van der Waals surface area contributed by atoms with Crippen LogP contribution in [0.15, 0.2) is 30.3 Å². The van der Waals surface area contributed by atoms with E-state index in [0.29, 0.717) is 16.7 Å². The molecule has 0 radical (unpaired) electrons. The second-order valence-corrected chi connectivity index (χ2v) is 12.7. The van der Waals surface area contributed by atoms with E-state index in [4.69, 9.17) is 5.73 Å². The number of rotatable bonds is 5. The molecule has 4 aliphatic rings. The van der Waals surface area contributed by atoms with Crippen LogP contribution >= 0.6 is 0 Å².